The van der Waals surface area contributed by atoms with E-state index in [1.54, 1.807) is 9.42 Å². The first-order chi connectivity index (χ1) is 28.9. The minimum Gasteiger partial charge on any atom is -0.394 e. The van der Waals surface area contributed by atoms with Gasteiger partial charge in [-0.1, -0.05) is 32.9 Å². The molecular formula is C42H50FN11O6. The van der Waals surface area contributed by atoms with Gasteiger partial charge in [-0.05, 0) is 48.6 Å². The lowest BCUT2D eigenvalue weighted by Gasteiger charge is -2.44. The van der Waals surface area contributed by atoms with Crippen molar-refractivity contribution in [3.05, 3.63) is 76.7 Å². The second-order valence-corrected chi connectivity index (χ2v) is 16.3. The summed E-state index contributed by atoms with van der Waals surface area (Å²) in [6.07, 6.45) is 2.63. The van der Waals surface area contributed by atoms with E-state index in [2.05, 4.69) is 45.1 Å². The van der Waals surface area contributed by atoms with Crippen LogP contribution in [0.5, 0.6) is 0 Å². The molecule has 0 spiro atoms. The summed E-state index contributed by atoms with van der Waals surface area (Å²) in [7, 11) is 0. The number of amides is 6. The highest BCUT2D eigenvalue weighted by Gasteiger charge is 2.46. The largest absolute Gasteiger partial charge is 0.394 e. The molecule has 3 fully saturated rings. The Labute approximate surface area is 346 Å². The number of piperidine rings is 1. The van der Waals surface area contributed by atoms with Crippen molar-refractivity contribution in [1.29, 1.82) is 0 Å². The van der Waals surface area contributed by atoms with E-state index in [4.69, 9.17) is 4.98 Å². The maximum Gasteiger partial charge on any atom is 0.321 e. The van der Waals surface area contributed by atoms with E-state index in [1.807, 2.05) is 48.4 Å². The van der Waals surface area contributed by atoms with Crippen molar-refractivity contribution in [3.8, 4) is 0 Å². The number of aliphatic hydroxyl groups is 1. The normalized spacial score (nSPS) is 19.2. The van der Waals surface area contributed by atoms with Gasteiger partial charge in [0.15, 0.2) is 5.65 Å². The van der Waals surface area contributed by atoms with Crippen LogP contribution in [0, 0.1) is 11.7 Å². The molecule has 4 aliphatic heterocycles. The van der Waals surface area contributed by atoms with Crippen LogP contribution >= 0.6 is 0 Å². The number of nitrogens with zero attached hydrogens (tertiary/aromatic N) is 7. The first kappa shape index (κ1) is 40.6. The van der Waals surface area contributed by atoms with E-state index in [-0.39, 0.29) is 60.2 Å². The molecule has 0 aliphatic carbocycles. The lowest BCUT2D eigenvalue weighted by Crippen LogP contribution is -2.56. The van der Waals surface area contributed by atoms with Crippen LogP contribution in [0.4, 0.5) is 32.2 Å². The Balaban J connectivity index is 0.797. The van der Waals surface area contributed by atoms with E-state index in [0.717, 1.165) is 46.5 Å². The van der Waals surface area contributed by atoms with Crippen LogP contribution in [0.3, 0.4) is 0 Å². The van der Waals surface area contributed by atoms with Crippen molar-refractivity contribution in [3.63, 3.8) is 0 Å². The molecule has 2 atom stereocenters. The highest BCUT2D eigenvalue weighted by atomic mass is 19.1. The van der Waals surface area contributed by atoms with Crippen LogP contribution in [0.15, 0.2) is 48.7 Å². The first-order valence-electron chi connectivity index (χ1n) is 20.6. The monoisotopic (exact) mass is 823 g/mol. The molecule has 8 rings (SSSR count). The Bertz CT molecular complexity index is 2320. The van der Waals surface area contributed by atoms with Crippen molar-refractivity contribution in [1.82, 2.24) is 34.6 Å². The molecule has 2 aromatic heterocycles. The Kier molecular flexibility index (Phi) is 11.4. The Morgan fingerprint density at radius 3 is 2.38 bits per heavy atom. The number of anilines is 4. The SMILES string of the molecule is CC[C@@H](CO)Nc1cc(NCc2ccc(NC(=O)N3CCN(CC4CN(c5cc6c(cc5F)C(=O)N(C5CCC(=O)NC5=O)C6=O)C4)CC3)cc2)n2ncc(C(C)C)c2n1. The van der Waals surface area contributed by atoms with Crippen molar-refractivity contribution in [2.45, 2.75) is 64.6 Å². The fourth-order valence-electron chi connectivity index (χ4n) is 8.28. The first-order valence-corrected chi connectivity index (χ1v) is 20.6. The average Bonchev–Trinajstić information content (AvgIpc) is 3.75. The number of hydrogen-bond acceptors (Lipinski definition) is 12. The number of rotatable bonds is 13. The standard InChI is InChI=1S/C42H50FN11O6/c1-4-27(23-55)46-35-17-36(54-38(48-35)31(19-45-54)24(2)3)44-18-25-5-7-28(8-6-25)47-42(60)51-13-11-50(12-14-51)20-26-21-52(22-26)34-16-30-29(15-32(34)43)40(58)53(41(30)59)33-9-10-37(56)49-39(33)57/h5-8,15-17,19,24,26-27,33,44,55H,4,9-14,18,20-23H2,1-3H3,(H,46,48)(H,47,60)(H,49,56,57)/t27-,33?/m0/s1. The number of urea groups is 1. The zero-order chi connectivity index (χ0) is 42.2. The number of carbonyl (C=O) groups excluding carboxylic acids is 5. The summed E-state index contributed by atoms with van der Waals surface area (Å²) in [6, 6.07) is 10.7. The smallest absolute Gasteiger partial charge is 0.321 e. The summed E-state index contributed by atoms with van der Waals surface area (Å²) in [5, 5.41) is 26.3. The molecule has 2 aromatic carbocycles. The van der Waals surface area contributed by atoms with Gasteiger partial charge in [0.2, 0.25) is 11.8 Å². The minimum absolute atomic E-state index is 0.000892. The number of benzene rings is 2. The molecule has 0 bridgehead atoms. The maximum atomic E-state index is 15.3. The summed E-state index contributed by atoms with van der Waals surface area (Å²) in [5.74, 6) is -1.28. The zero-order valence-electron chi connectivity index (χ0n) is 33.9. The second kappa shape index (κ2) is 16.8. The number of aromatic nitrogens is 3. The summed E-state index contributed by atoms with van der Waals surface area (Å²) >= 11 is 0. The third kappa shape index (κ3) is 8.08. The molecule has 316 valence electrons. The lowest BCUT2D eigenvalue weighted by atomic mass is 9.96. The highest BCUT2D eigenvalue weighted by Crippen LogP contribution is 2.35. The number of piperazine rings is 1. The van der Waals surface area contributed by atoms with Gasteiger partial charge in [-0.15, -0.1) is 0 Å². The zero-order valence-corrected chi connectivity index (χ0v) is 33.9. The number of nitrogens with one attached hydrogen (secondary N) is 4. The molecule has 1 unspecified atom stereocenters. The van der Waals surface area contributed by atoms with Gasteiger partial charge in [0.05, 0.1) is 35.7 Å². The van der Waals surface area contributed by atoms with Gasteiger partial charge in [0, 0.05) is 82.0 Å². The van der Waals surface area contributed by atoms with Crippen LogP contribution in [-0.4, -0.2) is 129 Å². The average molecular weight is 824 g/mol. The predicted molar refractivity (Wildman–Crippen MR) is 221 cm³/mol. The maximum absolute atomic E-state index is 15.3. The molecule has 4 aliphatic rings. The summed E-state index contributed by atoms with van der Waals surface area (Å²) < 4.78 is 17.1. The fourth-order valence-corrected chi connectivity index (χ4v) is 8.28. The van der Waals surface area contributed by atoms with Crippen molar-refractivity contribution < 1.29 is 33.5 Å². The second-order valence-electron chi connectivity index (χ2n) is 16.3. The third-order valence-electron chi connectivity index (χ3n) is 11.8. The van der Waals surface area contributed by atoms with Gasteiger partial charge < -0.3 is 30.9 Å². The molecule has 6 amide bonds. The van der Waals surface area contributed by atoms with Crippen LogP contribution in [0.2, 0.25) is 0 Å². The Morgan fingerprint density at radius 2 is 1.72 bits per heavy atom. The molecule has 60 heavy (non-hydrogen) atoms. The molecular weight excluding hydrogens is 774 g/mol. The van der Waals surface area contributed by atoms with Crippen LogP contribution in [-0.2, 0) is 16.1 Å². The lowest BCUT2D eigenvalue weighted by molar-refractivity contribution is -0.136. The van der Waals surface area contributed by atoms with Crippen molar-refractivity contribution in [2.24, 2.45) is 5.92 Å². The van der Waals surface area contributed by atoms with E-state index >= 15 is 4.39 Å². The number of imide groups is 2. The Hall–Kier alpha value is -6.14. The van der Waals surface area contributed by atoms with E-state index in [0.29, 0.717) is 57.3 Å². The highest BCUT2D eigenvalue weighted by molar-refractivity contribution is 6.23. The summed E-state index contributed by atoms with van der Waals surface area (Å²) in [5.41, 5.74) is 3.69. The molecule has 3 saturated heterocycles. The number of aliphatic hydroxyl groups excluding tert-OH is 1. The van der Waals surface area contributed by atoms with Crippen molar-refractivity contribution in [2.75, 3.05) is 73.3 Å². The van der Waals surface area contributed by atoms with E-state index in [1.165, 1.54) is 6.07 Å². The molecule has 0 radical (unpaired) electrons. The van der Waals surface area contributed by atoms with Gasteiger partial charge in [0.1, 0.15) is 23.5 Å². The molecule has 17 nitrogen and oxygen atoms in total. The predicted octanol–water partition coefficient (Wildman–Crippen LogP) is 3.47. The number of halogens is 1. The van der Waals surface area contributed by atoms with Gasteiger partial charge in [-0.25, -0.2) is 14.2 Å². The van der Waals surface area contributed by atoms with Crippen molar-refractivity contribution >= 4 is 58.3 Å². The molecule has 18 heteroatoms. The van der Waals surface area contributed by atoms with Gasteiger partial charge >= 0.3 is 6.03 Å². The van der Waals surface area contributed by atoms with Gasteiger partial charge in [-0.2, -0.15) is 9.61 Å². The summed E-state index contributed by atoms with van der Waals surface area (Å²) in [6.45, 7) is 11.1. The quantitative estimate of drug-likeness (QED) is 0.123. The van der Waals surface area contributed by atoms with Crippen LogP contribution in [0.25, 0.3) is 5.65 Å². The molecule has 0 saturated carbocycles. The third-order valence-corrected chi connectivity index (χ3v) is 11.8. The van der Waals surface area contributed by atoms with Crippen LogP contribution in [0.1, 0.15) is 77.8 Å². The number of hydrogen-bond donors (Lipinski definition) is 5. The van der Waals surface area contributed by atoms with Gasteiger partial charge in [-0.3, -0.25) is 34.3 Å². The van der Waals surface area contributed by atoms with E-state index < -0.39 is 35.5 Å². The minimum atomic E-state index is -1.11. The summed E-state index contributed by atoms with van der Waals surface area (Å²) in [4.78, 5) is 75.1. The van der Waals surface area contributed by atoms with Gasteiger partial charge in [0.25, 0.3) is 11.8 Å². The number of fused-ring (bicyclic) bond motifs is 2. The molecule has 5 N–H and O–H groups in total. The molecule has 4 aromatic rings. The number of carbonyl (C=O) groups is 5. The fraction of sp³-hybridized carbons (Fsp3) is 0.452. The molecule has 6 heterocycles. The van der Waals surface area contributed by atoms with Crippen LogP contribution < -0.4 is 26.2 Å². The Morgan fingerprint density at radius 1 is 1.00 bits per heavy atom. The van der Waals surface area contributed by atoms with E-state index in [9.17, 15) is 29.1 Å². The topological polar surface area (TPSA) is 197 Å².